The van der Waals surface area contributed by atoms with Gasteiger partial charge in [-0.1, -0.05) is 44.4 Å². The molecule has 1 unspecified atom stereocenters. The van der Waals surface area contributed by atoms with Gasteiger partial charge < -0.3 is 24.7 Å². The van der Waals surface area contributed by atoms with Gasteiger partial charge in [-0.3, -0.25) is 9.59 Å². The summed E-state index contributed by atoms with van der Waals surface area (Å²) in [6, 6.07) is 10.4. The normalized spacial score (nSPS) is 17.1. The number of likely N-dealkylation sites (tertiary alicyclic amines) is 1. The van der Waals surface area contributed by atoms with Gasteiger partial charge in [-0.05, 0) is 80.9 Å². The zero-order chi connectivity index (χ0) is 26.9. The van der Waals surface area contributed by atoms with Crippen LogP contribution >= 0.6 is 11.6 Å². The molecule has 37 heavy (non-hydrogen) atoms. The molecule has 200 valence electrons. The molecule has 0 spiro atoms. The van der Waals surface area contributed by atoms with Crippen LogP contribution in [0.1, 0.15) is 63.1 Å². The molecule has 2 N–H and O–H groups in total. The fraction of sp³-hybridized carbons (Fsp3) is 0.448. The molecule has 2 aromatic carbocycles. The molecule has 2 aromatic rings. The third-order valence-corrected chi connectivity index (χ3v) is 6.96. The van der Waals surface area contributed by atoms with Crippen molar-refractivity contribution in [3.8, 4) is 11.5 Å². The minimum atomic E-state index is -0.815. The van der Waals surface area contributed by atoms with Gasteiger partial charge in [0.1, 0.15) is 5.76 Å². The molecular weight excluding hydrogens is 492 g/mol. The monoisotopic (exact) mass is 528 g/mol. The molecule has 1 aliphatic rings. The minimum absolute atomic E-state index is 0.00823. The SMILES string of the molecule is CCCCN(CCCC)CCCN1C(=O)C(=O)/C(=C(\O)c2ccc(Cl)cc2)C1c1ccc(O)c(OC)c1. The highest BCUT2D eigenvalue weighted by atomic mass is 35.5. The van der Waals surface area contributed by atoms with E-state index in [0.717, 1.165) is 45.3 Å². The van der Waals surface area contributed by atoms with Crippen LogP contribution in [0.15, 0.2) is 48.0 Å². The molecule has 1 aliphatic heterocycles. The van der Waals surface area contributed by atoms with Gasteiger partial charge in [-0.25, -0.2) is 0 Å². The van der Waals surface area contributed by atoms with E-state index in [0.29, 0.717) is 29.1 Å². The Morgan fingerprint density at radius 1 is 1.00 bits per heavy atom. The van der Waals surface area contributed by atoms with E-state index in [-0.39, 0.29) is 22.8 Å². The number of phenolic OH excluding ortho intramolecular Hbond substituents is 1. The van der Waals surface area contributed by atoms with Crippen LogP contribution in [-0.2, 0) is 9.59 Å². The summed E-state index contributed by atoms with van der Waals surface area (Å²) in [5.41, 5.74) is 0.968. The Hall–Kier alpha value is -3.03. The summed E-state index contributed by atoms with van der Waals surface area (Å²) in [5.74, 6) is -1.48. The van der Waals surface area contributed by atoms with E-state index < -0.39 is 17.7 Å². The average Bonchev–Trinajstić information content (AvgIpc) is 3.15. The molecule has 0 aromatic heterocycles. The number of nitrogens with zero attached hydrogens (tertiary/aromatic N) is 2. The van der Waals surface area contributed by atoms with Crippen LogP contribution in [0.5, 0.6) is 11.5 Å². The van der Waals surface area contributed by atoms with Crippen LogP contribution in [0.2, 0.25) is 5.02 Å². The highest BCUT2D eigenvalue weighted by molar-refractivity contribution is 6.46. The van der Waals surface area contributed by atoms with E-state index in [1.165, 1.54) is 18.1 Å². The average molecular weight is 529 g/mol. The van der Waals surface area contributed by atoms with Crippen molar-refractivity contribution in [1.29, 1.82) is 0 Å². The van der Waals surface area contributed by atoms with Gasteiger partial charge in [-0.15, -0.1) is 0 Å². The Labute approximate surface area is 224 Å². The summed E-state index contributed by atoms with van der Waals surface area (Å²) in [7, 11) is 1.44. The number of rotatable bonds is 13. The Morgan fingerprint density at radius 3 is 2.22 bits per heavy atom. The number of hydrogen-bond acceptors (Lipinski definition) is 6. The van der Waals surface area contributed by atoms with Gasteiger partial charge in [0.15, 0.2) is 11.5 Å². The van der Waals surface area contributed by atoms with Crippen molar-refractivity contribution in [2.45, 2.75) is 52.0 Å². The Kier molecular flexibility index (Phi) is 10.4. The molecule has 0 radical (unpaired) electrons. The zero-order valence-electron chi connectivity index (χ0n) is 21.9. The van der Waals surface area contributed by atoms with E-state index >= 15 is 0 Å². The van der Waals surface area contributed by atoms with E-state index in [2.05, 4.69) is 18.7 Å². The number of amides is 1. The first-order chi connectivity index (χ1) is 17.8. The van der Waals surface area contributed by atoms with Gasteiger partial charge in [0.05, 0.1) is 18.7 Å². The fourth-order valence-corrected chi connectivity index (χ4v) is 4.77. The third kappa shape index (κ3) is 6.84. The summed E-state index contributed by atoms with van der Waals surface area (Å²) in [4.78, 5) is 30.4. The maximum absolute atomic E-state index is 13.3. The second-order valence-corrected chi connectivity index (χ2v) is 9.77. The van der Waals surface area contributed by atoms with Crippen LogP contribution in [-0.4, -0.2) is 65.0 Å². The summed E-state index contributed by atoms with van der Waals surface area (Å²) >= 11 is 6.00. The third-order valence-electron chi connectivity index (χ3n) is 6.71. The first-order valence-corrected chi connectivity index (χ1v) is 13.3. The van der Waals surface area contributed by atoms with Crippen molar-refractivity contribution in [3.05, 3.63) is 64.2 Å². The van der Waals surface area contributed by atoms with Gasteiger partial charge in [-0.2, -0.15) is 0 Å². The maximum atomic E-state index is 13.3. The summed E-state index contributed by atoms with van der Waals surface area (Å²) < 4.78 is 5.28. The highest BCUT2D eigenvalue weighted by Crippen LogP contribution is 2.41. The quantitative estimate of drug-likeness (QED) is 0.195. The number of phenols is 1. The largest absolute Gasteiger partial charge is 0.507 e. The van der Waals surface area contributed by atoms with Gasteiger partial charge in [0.25, 0.3) is 11.7 Å². The Bertz CT molecular complexity index is 1110. The molecule has 1 amide bonds. The van der Waals surface area contributed by atoms with Crippen molar-refractivity contribution in [1.82, 2.24) is 9.80 Å². The molecule has 0 aliphatic carbocycles. The lowest BCUT2D eigenvalue weighted by Gasteiger charge is -2.28. The van der Waals surface area contributed by atoms with E-state index in [1.54, 1.807) is 36.4 Å². The van der Waals surface area contributed by atoms with E-state index in [9.17, 15) is 19.8 Å². The van der Waals surface area contributed by atoms with Gasteiger partial charge in [0.2, 0.25) is 0 Å². The molecule has 8 heteroatoms. The van der Waals surface area contributed by atoms with Gasteiger partial charge >= 0.3 is 0 Å². The topological polar surface area (TPSA) is 90.3 Å². The molecule has 3 rings (SSSR count). The number of halogens is 1. The van der Waals surface area contributed by atoms with Crippen LogP contribution in [0, 0.1) is 0 Å². The number of carbonyl (C=O) groups excluding carboxylic acids is 2. The van der Waals surface area contributed by atoms with E-state index in [4.69, 9.17) is 16.3 Å². The predicted molar refractivity (Wildman–Crippen MR) is 146 cm³/mol. The number of aliphatic hydroxyl groups excluding tert-OH is 1. The Balaban J connectivity index is 1.96. The number of aliphatic hydroxyl groups is 1. The number of methoxy groups -OCH3 is 1. The summed E-state index contributed by atoms with van der Waals surface area (Å²) in [6.45, 7) is 7.51. The highest BCUT2D eigenvalue weighted by Gasteiger charge is 2.46. The van der Waals surface area contributed by atoms with Crippen molar-refractivity contribution >= 4 is 29.1 Å². The number of unbranched alkanes of at least 4 members (excludes halogenated alkanes) is 2. The van der Waals surface area contributed by atoms with Crippen molar-refractivity contribution in [3.63, 3.8) is 0 Å². The first-order valence-electron chi connectivity index (χ1n) is 13.0. The number of carbonyl (C=O) groups is 2. The first kappa shape index (κ1) is 28.5. The lowest BCUT2D eigenvalue weighted by molar-refractivity contribution is -0.140. The number of Topliss-reactive ketones (excluding diaryl/α,β-unsaturated/α-hetero) is 1. The standard InChI is InChI=1S/C29H37ClN2O5/c1-4-6-15-31(16-7-5-2)17-8-18-32-26(21-11-14-23(33)24(19-21)37-3)25(28(35)29(32)36)27(34)20-9-12-22(30)13-10-20/h9-14,19,26,33-34H,4-8,15-18H2,1-3H3/b27-25-. The lowest BCUT2D eigenvalue weighted by atomic mass is 9.95. The fourth-order valence-electron chi connectivity index (χ4n) is 4.65. The van der Waals surface area contributed by atoms with Crippen molar-refractivity contribution < 1.29 is 24.5 Å². The van der Waals surface area contributed by atoms with Crippen LogP contribution < -0.4 is 4.74 Å². The number of ketones is 1. The number of hydrogen-bond donors (Lipinski definition) is 2. The second-order valence-electron chi connectivity index (χ2n) is 9.33. The predicted octanol–water partition coefficient (Wildman–Crippen LogP) is 5.77. The van der Waals surface area contributed by atoms with Crippen LogP contribution in [0.4, 0.5) is 0 Å². The van der Waals surface area contributed by atoms with E-state index in [1.807, 2.05) is 0 Å². The van der Waals surface area contributed by atoms with Crippen LogP contribution in [0.25, 0.3) is 5.76 Å². The molecule has 1 heterocycles. The molecule has 1 fully saturated rings. The smallest absolute Gasteiger partial charge is 0.295 e. The minimum Gasteiger partial charge on any atom is -0.507 e. The number of aromatic hydroxyl groups is 1. The van der Waals surface area contributed by atoms with Crippen molar-refractivity contribution in [2.75, 3.05) is 33.3 Å². The maximum Gasteiger partial charge on any atom is 0.295 e. The number of ether oxygens (including phenoxy) is 1. The molecule has 7 nitrogen and oxygen atoms in total. The Morgan fingerprint density at radius 2 is 1.62 bits per heavy atom. The molecule has 0 saturated carbocycles. The molecular formula is C29H37ClN2O5. The molecule has 1 atom stereocenters. The molecule has 0 bridgehead atoms. The van der Waals surface area contributed by atoms with Crippen LogP contribution in [0.3, 0.4) is 0 Å². The second kappa shape index (κ2) is 13.5. The molecule has 1 saturated heterocycles. The summed E-state index contributed by atoms with van der Waals surface area (Å²) in [5, 5.41) is 21.8. The zero-order valence-corrected chi connectivity index (χ0v) is 22.6. The van der Waals surface area contributed by atoms with Gasteiger partial charge in [0, 0.05) is 17.1 Å². The lowest BCUT2D eigenvalue weighted by Crippen LogP contribution is -2.34. The van der Waals surface area contributed by atoms with Crippen molar-refractivity contribution in [2.24, 2.45) is 0 Å². The number of benzene rings is 2. The summed E-state index contributed by atoms with van der Waals surface area (Å²) in [6.07, 6.45) is 5.15.